The minimum absolute atomic E-state index is 0.388. The summed E-state index contributed by atoms with van der Waals surface area (Å²) in [5, 5.41) is 19.5. The molecule has 0 spiro atoms. The average Bonchev–Trinajstić information content (AvgIpc) is 4.00. The van der Waals surface area contributed by atoms with Gasteiger partial charge in [-0.3, -0.25) is 0 Å². The first-order valence-corrected chi connectivity index (χ1v) is 18.4. The van der Waals surface area contributed by atoms with E-state index in [-0.39, 0.29) is 0 Å². The number of hydrogen-bond acceptors (Lipinski definition) is 3. The molecule has 4 aromatic heterocycles. The van der Waals surface area contributed by atoms with Gasteiger partial charge in [0.1, 0.15) is 28.4 Å². The van der Waals surface area contributed by atoms with E-state index in [9.17, 15) is 5.26 Å². The lowest BCUT2D eigenvalue weighted by atomic mass is 9.96. The summed E-state index contributed by atoms with van der Waals surface area (Å²) < 4.78 is 17.5. The Morgan fingerprint density at radius 3 is 1.59 bits per heavy atom. The van der Waals surface area contributed by atoms with E-state index in [1.807, 2.05) is 72.8 Å². The molecular weight excluding hydrogens is 689 g/mol. The Balaban J connectivity index is 1.16. The van der Waals surface area contributed by atoms with Crippen molar-refractivity contribution in [1.82, 2.24) is 9.13 Å². The van der Waals surface area contributed by atoms with E-state index in [2.05, 4.69) is 105 Å². The second-order valence-corrected chi connectivity index (χ2v) is 14.2. The van der Waals surface area contributed by atoms with Gasteiger partial charge in [0.2, 0.25) is 5.69 Å². The number of hydrogen-bond donors (Lipinski definition) is 0. The largest absolute Gasteiger partial charge is 0.455 e. The van der Waals surface area contributed by atoms with Gasteiger partial charge >= 0.3 is 0 Å². The van der Waals surface area contributed by atoms with Gasteiger partial charge in [0.15, 0.2) is 0 Å². The molecule has 0 unspecified atom stereocenters. The van der Waals surface area contributed by atoms with Gasteiger partial charge in [-0.15, -0.1) is 0 Å². The molecule has 0 N–H and O–H groups in total. The van der Waals surface area contributed by atoms with Crippen LogP contribution in [0.5, 0.6) is 0 Å². The third-order valence-electron chi connectivity index (χ3n) is 11.4. The third-order valence-corrected chi connectivity index (χ3v) is 11.4. The van der Waals surface area contributed by atoms with E-state index in [1.54, 1.807) is 0 Å². The number of nitriles is 1. The monoisotopic (exact) mass is 714 g/mol. The van der Waals surface area contributed by atoms with Crippen LogP contribution in [-0.4, -0.2) is 9.13 Å². The molecule has 4 heterocycles. The summed E-state index contributed by atoms with van der Waals surface area (Å²) in [5.74, 6) is 0. The fourth-order valence-electron chi connectivity index (χ4n) is 9.10. The number of rotatable bonds is 3. The molecule has 56 heavy (non-hydrogen) atoms. The molecule has 0 aliphatic rings. The molecule has 0 bridgehead atoms. The summed E-state index contributed by atoms with van der Waals surface area (Å²) in [6.45, 7) is 8.37. The fraction of sp³-hybridized carbons (Fsp3) is 0. The highest BCUT2D eigenvalue weighted by atomic mass is 16.3. The minimum atomic E-state index is 0.388. The van der Waals surface area contributed by atoms with E-state index < -0.39 is 0 Å². The van der Waals surface area contributed by atoms with Crippen molar-refractivity contribution < 1.29 is 8.83 Å². The molecule has 6 nitrogen and oxygen atoms in total. The van der Waals surface area contributed by atoms with E-state index in [4.69, 9.17) is 15.4 Å². The van der Waals surface area contributed by atoms with Crippen LogP contribution < -0.4 is 0 Å². The van der Waals surface area contributed by atoms with Crippen LogP contribution in [0.1, 0.15) is 5.56 Å². The number of benzene rings is 8. The lowest BCUT2D eigenvalue weighted by Gasteiger charge is -2.18. The third kappa shape index (κ3) is 3.92. The van der Waals surface area contributed by atoms with Crippen LogP contribution in [-0.2, 0) is 0 Å². The van der Waals surface area contributed by atoms with Crippen molar-refractivity contribution in [1.29, 1.82) is 5.26 Å². The minimum Gasteiger partial charge on any atom is -0.455 e. The number of fused-ring (bicyclic) bond motifs is 14. The normalized spacial score (nSPS) is 11.9. The van der Waals surface area contributed by atoms with Gasteiger partial charge in [-0.1, -0.05) is 103 Å². The molecule has 0 aliphatic heterocycles. The summed E-state index contributed by atoms with van der Waals surface area (Å²) in [6.07, 6.45) is 0. The van der Waals surface area contributed by atoms with E-state index in [1.165, 1.54) is 0 Å². The van der Waals surface area contributed by atoms with Crippen LogP contribution in [0.2, 0.25) is 0 Å². The van der Waals surface area contributed by atoms with Gasteiger partial charge in [0, 0.05) is 43.4 Å². The smallest absolute Gasteiger partial charge is 0.211 e. The van der Waals surface area contributed by atoms with Crippen LogP contribution in [0.4, 0.5) is 5.69 Å². The molecule has 0 fully saturated rings. The molecule has 258 valence electrons. The van der Waals surface area contributed by atoms with Gasteiger partial charge in [-0.2, -0.15) is 5.26 Å². The fourth-order valence-corrected chi connectivity index (χ4v) is 9.10. The molecule has 12 aromatic rings. The highest BCUT2D eigenvalue weighted by Crippen LogP contribution is 2.46. The van der Waals surface area contributed by atoms with Gasteiger partial charge < -0.3 is 18.0 Å². The summed E-state index contributed by atoms with van der Waals surface area (Å²) in [6, 6.07) is 55.8. The first-order valence-electron chi connectivity index (χ1n) is 18.4. The summed E-state index contributed by atoms with van der Waals surface area (Å²) in [5.41, 5.74) is 10.9. The maximum Gasteiger partial charge on any atom is 0.211 e. The SMILES string of the molecule is [C-]#[N+]c1ccc(-c2ccccc2-n2c3ccccc3c3c4oc5ccccc5c4ccc32)c(C#N)c1-n1c2ccccc2c2c3oc4ccccc4c3ccc21. The van der Waals surface area contributed by atoms with Crippen molar-refractivity contribution in [2.45, 2.75) is 0 Å². The quantitative estimate of drug-likeness (QED) is 0.171. The molecule has 12 rings (SSSR count). The van der Waals surface area contributed by atoms with Gasteiger partial charge in [-0.25, -0.2) is 4.85 Å². The summed E-state index contributed by atoms with van der Waals surface area (Å²) in [7, 11) is 0. The van der Waals surface area contributed by atoms with E-state index in [0.29, 0.717) is 16.9 Å². The highest BCUT2D eigenvalue weighted by Gasteiger charge is 2.26. The molecule has 0 radical (unpaired) electrons. The topological polar surface area (TPSA) is 64.3 Å². The number of nitrogens with zero attached hydrogens (tertiary/aromatic N) is 4. The molecule has 6 heteroatoms. The zero-order chi connectivity index (χ0) is 37.1. The zero-order valence-electron chi connectivity index (χ0n) is 29.6. The second-order valence-electron chi connectivity index (χ2n) is 14.2. The molecule has 0 aliphatic carbocycles. The number of para-hydroxylation sites is 5. The van der Waals surface area contributed by atoms with Crippen molar-refractivity contribution in [2.75, 3.05) is 0 Å². The van der Waals surface area contributed by atoms with Crippen LogP contribution in [0.15, 0.2) is 167 Å². The van der Waals surface area contributed by atoms with Gasteiger partial charge in [0.05, 0.1) is 56.3 Å². The Kier molecular flexibility index (Phi) is 6.10. The zero-order valence-corrected chi connectivity index (χ0v) is 29.6. The van der Waals surface area contributed by atoms with Crippen LogP contribution in [0.25, 0.3) is 115 Å². The van der Waals surface area contributed by atoms with Crippen molar-refractivity contribution in [3.05, 3.63) is 175 Å². The number of aromatic nitrogens is 2. The Morgan fingerprint density at radius 2 is 0.982 bits per heavy atom. The van der Waals surface area contributed by atoms with Crippen molar-refractivity contribution in [3.63, 3.8) is 0 Å². The van der Waals surface area contributed by atoms with Crippen molar-refractivity contribution in [3.8, 4) is 28.6 Å². The Morgan fingerprint density at radius 1 is 0.464 bits per heavy atom. The van der Waals surface area contributed by atoms with Crippen molar-refractivity contribution >= 4 is 93.2 Å². The van der Waals surface area contributed by atoms with Gasteiger partial charge in [-0.05, 0) is 54.6 Å². The second kappa shape index (κ2) is 11.2. The molecule has 0 amide bonds. The maximum absolute atomic E-state index is 11.2. The summed E-state index contributed by atoms with van der Waals surface area (Å²) >= 11 is 0. The van der Waals surface area contributed by atoms with E-state index >= 15 is 0 Å². The molecule has 0 atom stereocenters. The first-order chi connectivity index (χ1) is 27.7. The van der Waals surface area contributed by atoms with Crippen molar-refractivity contribution in [2.24, 2.45) is 0 Å². The lowest BCUT2D eigenvalue weighted by Crippen LogP contribution is -2.02. The Bertz CT molecular complexity index is 3750. The van der Waals surface area contributed by atoms with Crippen LogP contribution >= 0.6 is 0 Å². The Hall–Kier alpha value is -8.06. The summed E-state index contributed by atoms with van der Waals surface area (Å²) in [4.78, 5) is 4.02. The lowest BCUT2D eigenvalue weighted by molar-refractivity contribution is 0.672. The first kappa shape index (κ1) is 30.4. The van der Waals surface area contributed by atoms with Crippen LogP contribution in [0, 0.1) is 17.9 Å². The molecule has 0 saturated heterocycles. The standard InChI is InChI=1S/C50H26N4O2/c1-52-38-25-22-29(37(28-51)48(38)54-41-19-9-4-16-36(41)47-43(54)27-24-34-32-14-6-11-21-45(32)56-50(34)47)30-12-2-7-17-39(30)53-40-18-8-3-15-35(40)46-42(53)26-23-33-31-13-5-10-20-44(31)55-49(33)46/h2-27H. The molecule has 8 aromatic carbocycles. The highest BCUT2D eigenvalue weighted by molar-refractivity contribution is 6.25. The number of furan rings is 2. The predicted octanol–water partition coefficient (Wildman–Crippen LogP) is 13.8. The maximum atomic E-state index is 11.2. The predicted molar refractivity (Wildman–Crippen MR) is 226 cm³/mol. The Labute approximate surface area is 318 Å². The van der Waals surface area contributed by atoms with Crippen LogP contribution in [0.3, 0.4) is 0 Å². The van der Waals surface area contributed by atoms with E-state index in [0.717, 1.165) is 104 Å². The molecule has 0 saturated carbocycles. The van der Waals surface area contributed by atoms with Gasteiger partial charge in [0.25, 0.3) is 0 Å². The molecular formula is C50H26N4O2. The average molecular weight is 715 g/mol.